The first-order chi connectivity index (χ1) is 9.13. The van der Waals surface area contributed by atoms with Gasteiger partial charge in [0.2, 0.25) is 0 Å². The first-order valence-electron chi connectivity index (χ1n) is 6.09. The minimum absolute atomic E-state index is 0.185. The van der Waals surface area contributed by atoms with Gasteiger partial charge in [-0.25, -0.2) is 0 Å². The lowest BCUT2D eigenvalue weighted by molar-refractivity contribution is -0.296. The molecule has 1 saturated heterocycles. The summed E-state index contributed by atoms with van der Waals surface area (Å²) in [6.07, 6.45) is -6.03. The van der Waals surface area contributed by atoms with E-state index in [2.05, 4.69) is 0 Å². The Morgan fingerprint density at radius 3 is 2.37 bits per heavy atom. The number of rotatable bonds is 4. The van der Waals surface area contributed by atoms with Crippen molar-refractivity contribution < 1.29 is 29.9 Å². The molecular formula is C13H18O6. The van der Waals surface area contributed by atoms with Crippen molar-refractivity contribution in [1.29, 1.82) is 0 Å². The standard InChI is InChI=1S/C13H18O6/c14-6-9-10(15)12(11(16)13(17)19-9)18-7-8-4-2-1-3-5-8/h1-5,9-17H,6-7H2/t9-,10+,11-,12+,13+/m1/s1. The summed E-state index contributed by atoms with van der Waals surface area (Å²) < 4.78 is 10.3. The van der Waals surface area contributed by atoms with E-state index in [1.807, 2.05) is 30.3 Å². The second kappa shape index (κ2) is 6.42. The van der Waals surface area contributed by atoms with Crippen molar-refractivity contribution in [1.82, 2.24) is 0 Å². The minimum Gasteiger partial charge on any atom is -0.394 e. The van der Waals surface area contributed by atoms with Crippen molar-refractivity contribution in [3.05, 3.63) is 35.9 Å². The zero-order valence-electron chi connectivity index (χ0n) is 10.3. The van der Waals surface area contributed by atoms with E-state index < -0.39 is 37.3 Å². The van der Waals surface area contributed by atoms with Crippen molar-refractivity contribution in [3.63, 3.8) is 0 Å². The molecule has 106 valence electrons. The quantitative estimate of drug-likeness (QED) is 0.560. The minimum atomic E-state index is -1.48. The predicted octanol–water partition coefficient (Wildman–Crippen LogP) is -0.997. The molecule has 0 bridgehead atoms. The van der Waals surface area contributed by atoms with Crippen LogP contribution in [0.4, 0.5) is 0 Å². The van der Waals surface area contributed by atoms with Gasteiger partial charge in [-0.1, -0.05) is 30.3 Å². The molecule has 6 heteroatoms. The van der Waals surface area contributed by atoms with Gasteiger partial charge in [-0.15, -0.1) is 0 Å². The third-order valence-corrected chi connectivity index (χ3v) is 3.13. The molecule has 0 unspecified atom stereocenters. The van der Waals surface area contributed by atoms with E-state index in [0.717, 1.165) is 5.56 Å². The molecule has 0 radical (unpaired) electrons. The number of aliphatic hydroxyl groups is 4. The molecule has 0 amide bonds. The highest BCUT2D eigenvalue weighted by Crippen LogP contribution is 2.23. The molecule has 0 aliphatic carbocycles. The van der Waals surface area contributed by atoms with Crippen LogP contribution in [-0.4, -0.2) is 57.7 Å². The normalized spacial score (nSPS) is 35.3. The lowest BCUT2D eigenvalue weighted by atomic mass is 9.99. The number of aliphatic hydroxyl groups excluding tert-OH is 4. The van der Waals surface area contributed by atoms with E-state index in [1.165, 1.54) is 0 Å². The van der Waals surface area contributed by atoms with Gasteiger partial charge in [-0.2, -0.15) is 0 Å². The fraction of sp³-hybridized carbons (Fsp3) is 0.538. The van der Waals surface area contributed by atoms with Crippen LogP contribution in [0.5, 0.6) is 0 Å². The second-order valence-corrected chi connectivity index (χ2v) is 4.49. The molecule has 5 atom stereocenters. The summed E-state index contributed by atoms with van der Waals surface area (Å²) >= 11 is 0. The number of ether oxygens (including phenoxy) is 2. The van der Waals surface area contributed by atoms with Crippen molar-refractivity contribution in [2.75, 3.05) is 6.61 Å². The van der Waals surface area contributed by atoms with Gasteiger partial charge < -0.3 is 29.9 Å². The second-order valence-electron chi connectivity index (χ2n) is 4.49. The molecule has 1 fully saturated rings. The van der Waals surface area contributed by atoms with Crippen LogP contribution in [0.2, 0.25) is 0 Å². The van der Waals surface area contributed by atoms with Gasteiger partial charge in [0.15, 0.2) is 6.29 Å². The molecular weight excluding hydrogens is 252 g/mol. The Morgan fingerprint density at radius 2 is 1.74 bits per heavy atom. The third kappa shape index (κ3) is 3.30. The molecule has 6 nitrogen and oxygen atoms in total. The number of benzene rings is 1. The highest BCUT2D eigenvalue weighted by Gasteiger charge is 2.44. The van der Waals surface area contributed by atoms with Gasteiger partial charge >= 0.3 is 0 Å². The molecule has 1 aromatic rings. The van der Waals surface area contributed by atoms with E-state index >= 15 is 0 Å². The van der Waals surface area contributed by atoms with Crippen LogP contribution < -0.4 is 0 Å². The fourth-order valence-electron chi connectivity index (χ4n) is 2.03. The van der Waals surface area contributed by atoms with Gasteiger partial charge in [-0.05, 0) is 5.56 Å². The van der Waals surface area contributed by atoms with Gasteiger partial charge in [0.1, 0.15) is 24.4 Å². The molecule has 2 rings (SSSR count). The largest absolute Gasteiger partial charge is 0.394 e. The van der Waals surface area contributed by atoms with E-state index in [-0.39, 0.29) is 6.61 Å². The zero-order valence-corrected chi connectivity index (χ0v) is 10.3. The van der Waals surface area contributed by atoms with Gasteiger partial charge in [-0.3, -0.25) is 0 Å². The van der Waals surface area contributed by atoms with Crippen LogP contribution in [-0.2, 0) is 16.1 Å². The Kier molecular flexibility index (Phi) is 4.87. The first kappa shape index (κ1) is 14.4. The van der Waals surface area contributed by atoms with E-state index in [9.17, 15) is 15.3 Å². The maximum atomic E-state index is 9.91. The van der Waals surface area contributed by atoms with Gasteiger partial charge in [0.25, 0.3) is 0 Å². The molecule has 1 aliphatic rings. The Balaban J connectivity index is 2.00. The lowest BCUT2D eigenvalue weighted by Gasteiger charge is -2.39. The van der Waals surface area contributed by atoms with Crippen molar-refractivity contribution in [2.45, 2.75) is 37.3 Å². The monoisotopic (exact) mass is 270 g/mol. The average Bonchev–Trinajstić information content (AvgIpc) is 2.44. The van der Waals surface area contributed by atoms with Gasteiger partial charge in [0.05, 0.1) is 13.2 Å². The van der Waals surface area contributed by atoms with Crippen molar-refractivity contribution in [2.24, 2.45) is 0 Å². The maximum Gasteiger partial charge on any atom is 0.184 e. The topological polar surface area (TPSA) is 99.4 Å². The Bertz CT molecular complexity index is 384. The molecule has 19 heavy (non-hydrogen) atoms. The van der Waals surface area contributed by atoms with Crippen LogP contribution in [0.1, 0.15) is 5.56 Å². The summed E-state index contributed by atoms with van der Waals surface area (Å²) in [7, 11) is 0. The molecule has 4 N–H and O–H groups in total. The molecule has 1 aliphatic heterocycles. The Labute approximate surface area is 110 Å². The predicted molar refractivity (Wildman–Crippen MR) is 65.0 cm³/mol. The summed E-state index contributed by atoms with van der Waals surface area (Å²) in [4.78, 5) is 0. The SMILES string of the molecule is OC[C@H]1O[C@H](O)[C@H](O)[C@@H](OCc2ccccc2)[C@H]1O. The molecule has 0 spiro atoms. The molecule has 0 saturated carbocycles. The Hall–Kier alpha value is -1.02. The van der Waals surface area contributed by atoms with E-state index in [0.29, 0.717) is 0 Å². The summed E-state index contributed by atoms with van der Waals surface area (Å²) in [6, 6.07) is 9.26. The summed E-state index contributed by atoms with van der Waals surface area (Å²) in [5.41, 5.74) is 0.878. The summed E-state index contributed by atoms with van der Waals surface area (Å²) in [5, 5.41) is 38.2. The molecule has 1 aromatic carbocycles. The van der Waals surface area contributed by atoms with Crippen LogP contribution in [0.25, 0.3) is 0 Å². The smallest absolute Gasteiger partial charge is 0.184 e. The van der Waals surface area contributed by atoms with Crippen LogP contribution >= 0.6 is 0 Å². The lowest BCUT2D eigenvalue weighted by Crippen LogP contribution is -2.59. The van der Waals surface area contributed by atoms with E-state index in [4.69, 9.17) is 14.6 Å². The maximum absolute atomic E-state index is 9.91. The Morgan fingerprint density at radius 1 is 1.05 bits per heavy atom. The fourth-order valence-corrected chi connectivity index (χ4v) is 2.03. The summed E-state index contributed by atoms with van der Waals surface area (Å²) in [6.45, 7) is -0.277. The van der Waals surface area contributed by atoms with Crippen LogP contribution in [0.3, 0.4) is 0 Å². The first-order valence-corrected chi connectivity index (χ1v) is 6.09. The third-order valence-electron chi connectivity index (χ3n) is 3.13. The van der Waals surface area contributed by atoms with E-state index in [1.54, 1.807) is 0 Å². The highest BCUT2D eigenvalue weighted by molar-refractivity contribution is 5.13. The highest BCUT2D eigenvalue weighted by atomic mass is 16.6. The van der Waals surface area contributed by atoms with Crippen molar-refractivity contribution in [3.8, 4) is 0 Å². The number of hydrogen-bond donors (Lipinski definition) is 4. The van der Waals surface area contributed by atoms with Crippen LogP contribution in [0, 0.1) is 0 Å². The van der Waals surface area contributed by atoms with Gasteiger partial charge in [0, 0.05) is 0 Å². The average molecular weight is 270 g/mol. The zero-order chi connectivity index (χ0) is 13.8. The van der Waals surface area contributed by atoms with Crippen molar-refractivity contribution >= 4 is 0 Å². The number of hydrogen-bond acceptors (Lipinski definition) is 6. The van der Waals surface area contributed by atoms with Crippen LogP contribution in [0.15, 0.2) is 30.3 Å². The molecule has 0 aromatic heterocycles. The molecule has 1 heterocycles. The summed E-state index contributed by atoms with van der Waals surface area (Å²) in [5.74, 6) is 0.